The number of para-hydroxylation sites is 1. The Kier molecular flexibility index (Phi) is 6.44. The monoisotopic (exact) mass is 395 g/mol. The first-order chi connectivity index (χ1) is 12.7. The average molecular weight is 396 g/mol. The van der Waals surface area contributed by atoms with Gasteiger partial charge in [-0.3, -0.25) is 9.59 Å². The van der Waals surface area contributed by atoms with E-state index in [-0.39, 0.29) is 43.0 Å². The van der Waals surface area contributed by atoms with Gasteiger partial charge < -0.3 is 25.0 Å². The van der Waals surface area contributed by atoms with E-state index in [9.17, 15) is 9.59 Å². The summed E-state index contributed by atoms with van der Waals surface area (Å²) in [6, 6.07) is 5.36. The third-order valence-electron chi connectivity index (χ3n) is 5.37. The minimum Gasteiger partial charge on any atom is -0.454 e. The Labute approximate surface area is 165 Å². The van der Waals surface area contributed by atoms with Crippen molar-refractivity contribution < 1.29 is 19.1 Å². The Bertz CT molecular complexity index is 694. The number of nitrogens with zero attached hydrogens (tertiary/aromatic N) is 1. The van der Waals surface area contributed by atoms with Crippen molar-refractivity contribution in [2.45, 2.75) is 31.7 Å². The van der Waals surface area contributed by atoms with Crippen LogP contribution in [0.15, 0.2) is 18.2 Å². The zero-order chi connectivity index (χ0) is 17.9. The zero-order valence-electron chi connectivity index (χ0n) is 15.2. The number of likely N-dealkylation sites (tertiary alicyclic amines) is 1. The molecule has 7 nitrogen and oxygen atoms in total. The van der Waals surface area contributed by atoms with E-state index in [4.69, 9.17) is 9.47 Å². The van der Waals surface area contributed by atoms with Crippen LogP contribution < -0.4 is 20.1 Å². The Hall–Kier alpha value is -1.99. The molecule has 0 aromatic heterocycles. The van der Waals surface area contributed by atoms with Crippen LogP contribution in [0.5, 0.6) is 11.5 Å². The van der Waals surface area contributed by atoms with E-state index >= 15 is 0 Å². The van der Waals surface area contributed by atoms with Crippen LogP contribution in [-0.4, -0.2) is 55.7 Å². The highest BCUT2D eigenvalue weighted by Gasteiger charge is 2.30. The van der Waals surface area contributed by atoms with E-state index in [0.29, 0.717) is 30.2 Å². The second-order valence-corrected chi connectivity index (χ2v) is 7.19. The van der Waals surface area contributed by atoms with Gasteiger partial charge in [0.05, 0.1) is 11.6 Å². The molecular formula is C19H26ClN3O4. The van der Waals surface area contributed by atoms with Gasteiger partial charge in [0.1, 0.15) is 0 Å². The molecule has 0 saturated carbocycles. The van der Waals surface area contributed by atoms with E-state index in [1.54, 1.807) is 6.07 Å². The van der Waals surface area contributed by atoms with E-state index in [2.05, 4.69) is 10.6 Å². The molecule has 148 valence electrons. The van der Waals surface area contributed by atoms with Crippen molar-refractivity contribution >= 4 is 24.2 Å². The number of halogens is 1. The number of carbonyl (C=O) groups excluding carboxylic acids is 2. The smallest absolute Gasteiger partial charge is 0.257 e. The topological polar surface area (TPSA) is 79.9 Å². The summed E-state index contributed by atoms with van der Waals surface area (Å²) in [6.07, 6.45) is 3.92. The normalized spacial score (nSPS) is 23.6. The molecule has 3 aliphatic heterocycles. The number of rotatable bonds is 4. The van der Waals surface area contributed by atoms with Crippen molar-refractivity contribution in [3.63, 3.8) is 0 Å². The van der Waals surface area contributed by atoms with Crippen molar-refractivity contribution in [1.29, 1.82) is 0 Å². The Morgan fingerprint density at radius 2 is 2.11 bits per heavy atom. The van der Waals surface area contributed by atoms with Gasteiger partial charge in [-0.25, -0.2) is 0 Å². The molecule has 0 aliphatic carbocycles. The molecule has 2 amide bonds. The summed E-state index contributed by atoms with van der Waals surface area (Å²) in [4.78, 5) is 27.0. The van der Waals surface area contributed by atoms with Crippen LogP contribution in [0.2, 0.25) is 0 Å². The SMILES string of the molecule is Cl.O=C(NCC1CCCN(C(=O)c2cccc3c2OCO3)C1)C1CCCN1. The number of hydrogen-bond donors (Lipinski definition) is 2. The van der Waals surface area contributed by atoms with Crippen LogP contribution in [0, 0.1) is 5.92 Å². The molecule has 2 N–H and O–H groups in total. The number of carbonyl (C=O) groups is 2. The van der Waals surface area contributed by atoms with Gasteiger partial charge >= 0.3 is 0 Å². The lowest BCUT2D eigenvalue weighted by Crippen LogP contribution is -2.46. The number of ether oxygens (including phenoxy) is 2. The molecule has 4 rings (SSSR count). The molecule has 0 radical (unpaired) electrons. The molecule has 2 fully saturated rings. The first kappa shape index (κ1) is 19.8. The van der Waals surface area contributed by atoms with Crippen LogP contribution in [0.25, 0.3) is 0 Å². The highest BCUT2D eigenvalue weighted by Crippen LogP contribution is 2.36. The van der Waals surface area contributed by atoms with Crippen LogP contribution >= 0.6 is 12.4 Å². The fourth-order valence-electron chi connectivity index (χ4n) is 3.96. The van der Waals surface area contributed by atoms with Gasteiger partial charge in [0.25, 0.3) is 5.91 Å². The highest BCUT2D eigenvalue weighted by atomic mass is 35.5. The molecule has 1 aromatic carbocycles. The van der Waals surface area contributed by atoms with Crippen molar-refractivity contribution in [2.75, 3.05) is 33.0 Å². The molecule has 0 bridgehead atoms. The summed E-state index contributed by atoms with van der Waals surface area (Å²) in [5, 5.41) is 6.27. The standard InChI is InChI=1S/C19H25N3O4.ClH/c23-18(15-6-2-8-20-15)21-10-13-4-3-9-22(11-13)19(24)14-5-1-7-16-17(14)26-12-25-16;/h1,5,7,13,15,20H,2-4,6,8-12H2,(H,21,23);1H. The van der Waals surface area contributed by atoms with Crippen molar-refractivity contribution in [3.8, 4) is 11.5 Å². The van der Waals surface area contributed by atoms with Gasteiger partial charge in [0.15, 0.2) is 11.5 Å². The van der Waals surface area contributed by atoms with Crippen molar-refractivity contribution in [3.05, 3.63) is 23.8 Å². The second kappa shape index (κ2) is 8.80. The van der Waals surface area contributed by atoms with Crippen LogP contribution in [0.1, 0.15) is 36.0 Å². The molecule has 2 atom stereocenters. The largest absolute Gasteiger partial charge is 0.454 e. The molecule has 1 aromatic rings. The lowest BCUT2D eigenvalue weighted by Gasteiger charge is -2.33. The molecule has 2 saturated heterocycles. The van der Waals surface area contributed by atoms with Gasteiger partial charge in [-0.15, -0.1) is 12.4 Å². The summed E-state index contributed by atoms with van der Waals surface area (Å²) in [5.74, 6) is 1.51. The van der Waals surface area contributed by atoms with Gasteiger partial charge in [-0.2, -0.15) is 0 Å². The number of hydrogen-bond acceptors (Lipinski definition) is 5. The minimum absolute atomic E-state index is 0. The summed E-state index contributed by atoms with van der Waals surface area (Å²) in [7, 11) is 0. The van der Waals surface area contributed by atoms with Gasteiger partial charge in [0, 0.05) is 19.6 Å². The van der Waals surface area contributed by atoms with Crippen molar-refractivity contribution in [2.24, 2.45) is 5.92 Å². The van der Waals surface area contributed by atoms with E-state index in [1.165, 1.54) is 0 Å². The summed E-state index contributed by atoms with van der Waals surface area (Å²) >= 11 is 0. The number of piperidine rings is 1. The summed E-state index contributed by atoms with van der Waals surface area (Å²) in [5.41, 5.74) is 0.555. The lowest BCUT2D eigenvalue weighted by atomic mass is 9.97. The zero-order valence-corrected chi connectivity index (χ0v) is 16.1. The van der Waals surface area contributed by atoms with Gasteiger partial charge in [-0.1, -0.05) is 6.07 Å². The third-order valence-corrected chi connectivity index (χ3v) is 5.37. The molecule has 3 aliphatic rings. The molecule has 27 heavy (non-hydrogen) atoms. The van der Waals surface area contributed by atoms with E-state index in [0.717, 1.165) is 38.8 Å². The fourth-order valence-corrected chi connectivity index (χ4v) is 3.96. The average Bonchev–Trinajstić information content (AvgIpc) is 3.37. The second-order valence-electron chi connectivity index (χ2n) is 7.19. The highest BCUT2D eigenvalue weighted by molar-refractivity contribution is 5.98. The fraction of sp³-hybridized carbons (Fsp3) is 0.579. The number of benzene rings is 1. The first-order valence-electron chi connectivity index (χ1n) is 9.41. The van der Waals surface area contributed by atoms with Crippen molar-refractivity contribution in [1.82, 2.24) is 15.5 Å². The van der Waals surface area contributed by atoms with Gasteiger partial charge in [-0.05, 0) is 50.3 Å². The first-order valence-corrected chi connectivity index (χ1v) is 9.41. The molecule has 2 unspecified atom stereocenters. The quantitative estimate of drug-likeness (QED) is 0.808. The van der Waals surface area contributed by atoms with Crippen LogP contribution in [0.4, 0.5) is 0 Å². The predicted octanol–water partition coefficient (Wildman–Crippen LogP) is 1.56. The minimum atomic E-state index is -0.0552. The maximum atomic E-state index is 12.9. The van der Waals surface area contributed by atoms with Gasteiger partial charge in [0.2, 0.25) is 12.7 Å². The molecule has 0 spiro atoms. The Balaban J connectivity index is 0.00000210. The lowest BCUT2D eigenvalue weighted by molar-refractivity contribution is -0.123. The van der Waals surface area contributed by atoms with Crippen LogP contribution in [0.3, 0.4) is 0 Å². The summed E-state index contributed by atoms with van der Waals surface area (Å²) in [6.45, 7) is 3.08. The Morgan fingerprint density at radius 3 is 2.93 bits per heavy atom. The molecule has 3 heterocycles. The molecular weight excluding hydrogens is 370 g/mol. The predicted molar refractivity (Wildman–Crippen MR) is 102 cm³/mol. The van der Waals surface area contributed by atoms with E-state index < -0.39 is 0 Å². The summed E-state index contributed by atoms with van der Waals surface area (Å²) < 4.78 is 10.8. The number of nitrogens with one attached hydrogen (secondary N) is 2. The van der Waals surface area contributed by atoms with Crippen LogP contribution in [-0.2, 0) is 4.79 Å². The maximum Gasteiger partial charge on any atom is 0.257 e. The maximum absolute atomic E-state index is 12.9. The third kappa shape index (κ3) is 4.30. The number of fused-ring (bicyclic) bond motifs is 1. The number of amides is 2. The van der Waals surface area contributed by atoms with E-state index in [1.807, 2.05) is 17.0 Å². The Morgan fingerprint density at radius 1 is 1.22 bits per heavy atom. The molecule has 8 heteroatoms.